The third-order valence-corrected chi connectivity index (χ3v) is 8.54. The Labute approximate surface area is 456 Å². The number of aromatic carboxylic acids is 1. The van der Waals surface area contributed by atoms with Crippen LogP contribution in [0.15, 0.2) is 82.9 Å². The van der Waals surface area contributed by atoms with Crippen molar-refractivity contribution in [2.24, 2.45) is 10.1 Å². The van der Waals surface area contributed by atoms with Crippen LogP contribution >= 0.6 is 37.7 Å². The first-order chi connectivity index (χ1) is 32.5. The number of carboxylic acids is 4. The molecule has 0 atom stereocenters. The van der Waals surface area contributed by atoms with E-state index in [1.54, 1.807) is 50.2 Å². The van der Waals surface area contributed by atoms with Crippen LogP contribution in [0.25, 0.3) is 24.6 Å². The number of amides is 5. The molecule has 0 saturated heterocycles. The number of hydrogen-bond donors (Lipinski definition) is 5. The molecule has 0 unspecified atom stereocenters. The Morgan fingerprint density at radius 3 is 1.25 bits per heavy atom. The molecule has 0 spiro atoms. The maximum atomic E-state index is 11.9. The van der Waals surface area contributed by atoms with Crippen LogP contribution in [0.3, 0.4) is 0 Å². The zero-order chi connectivity index (χ0) is 52.9. The summed E-state index contributed by atoms with van der Waals surface area (Å²) in [5.74, 6) is -4.87. The van der Waals surface area contributed by atoms with Crippen molar-refractivity contribution in [2.45, 2.75) is 85.5 Å². The number of carboxylic acid groups (broad SMARTS) is 4. The molecule has 0 aromatic heterocycles. The number of hydrogen-bond acceptors (Lipinski definition) is 12. The standard InChI is InChI=1S/C20H23N3O5.C20H22N2O5.2C2H4O2.4ClH.4H2N.2Pt/c1-14(16-8-6-15(7-9-16)13-20(27)28)21-22-17(24)5-3-2-4-12-23-18(25)10-11-19(23)26;1-14(15-6-8-16(9-7-15)20(26)27)21-13-17(23)5-3-2-4-12-22-18(24)10-11-19(22)25;2*1-2(3)4;;;;;;;;;;/h6-11H,2-5,12-13H2,1H3,(H,22,24)(H,27,28);6-11H,2-5,12-13H2,1H3,(H,26,27);2*1H3,(H,3,4);4*1H;4*1H2;;/q;;;;;;;;4*-1;2*+4/p-4/b21-14+;;;;;;;;;;;;;. The summed E-state index contributed by atoms with van der Waals surface area (Å²) in [5.41, 5.74) is 6.27. The number of hydrazone groups is 1. The molecule has 73 heavy (non-hydrogen) atoms. The smallest absolute Gasteiger partial charge is 0.693 e. The molecule has 4 rings (SSSR count). The molecule has 2 aliphatic rings. The Bertz CT molecular complexity index is 2110. The van der Waals surface area contributed by atoms with Crippen LogP contribution in [0.1, 0.15) is 106 Å². The number of aliphatic carboxylic acids is 3. The van der Waals surface area contributed by atoms with Gasteiger partial charge in [0.2, 0.25) is 5.91 Å². The molecule has 0 saturated carbocycles. The third kappa shape index (κ3) is 41.0. The molecule has 5 amide bonds. The fourth-order valence-corrected chi connectivity index (χ4v) is 5.34. The van der Waals surface area contributed by atoms with E-state index in [-0.39, 0.29) is 78.5 Å². The summed E-state index contributed by atoms with van der Waals surface area (Å²) in [6, 6.07) is 13.3. The number of imide groups is 2. The Hall–Kier alpha value is -5.06. The topological polar surface area (TPSA) is 429 Å². The van der Waals surface area contributed by atoms with Crippen LogP contribution in [0.5, 0.6) is 0 Å². The summed E-state index contributed by atoms with van der Waals surface area (Å²) in [6.07, 6.45) is 9.82. The van der Waals surface area contributed by atoms with Crippen molar-refractivity contribution in [2.75, 3.05) is 19.6 Å². The average Bonchev–Trinajstić information content (AvgIpc) is 3.78. The van der Waals surface area contributed by atoms with Gasteiger partial charge in [-0.15, -0.1) is 0 Å². The monoisotopic (exact) mass is 1470 g/mol. The van der Waals surface area contributed by atoms with E-state index in [9.17, 15) is 38.4 Å². The minimum atomic E-state index is -0.985. The summed E-state index contributed by atoms with van der Waals surface area (Å²) < 4.78 is 0. The maximum Gasteiger partial charge on any atom is -0.693 e. The number of nitrogens with one attached hydrogen (secondary N) is 1. The molecule has 29 heteroatoms. The van der Waals surface area contributed by atoms with Crippen molar-refractivity contribution in [3.05, 3.63) is 120 Å². The van der Waals surface area contributed by atoms with Crippen molar-refractivity contribution in [3.63, 3.8) is 0 Å². The van der Waals surface area contributed by atoms with Gasteiger partial charge < -0.3 is 45.0 Å². The number of unbranched alkanes of at least 4 members (excludes halogenated alkanes) is 4. The number of nitrogens with zero attached hydrogens (tertiary/aromatic N) is 4. The van der Waals surface area contributed by atoms with Crippen LogP contribution in [0.4, 0.5) is 0 Å². The first-order valence-electron chi connectivity index (χ1n) is 20.2. The second-order valence-corrected chi connectivity index (χ2v) is 20.5. The maximum absolute atomic E-state index is 11.9. The van der Waals surface area contributed by atoms with E-state index in [0.29, 0.717) is 68.6 Å². The Balaban J connectivity index is -0.000000234. The predicted molar refractivity (Wildman–Crippen MR) is 273 cm³/mol. The van der Waals surface area contributed by atoms with Gasteiger partial charge >= 0.3 is 82.6 Å². The van der Waals surface area contributed by atoms with Crippen LogP contribution in [0.2, 0.25) is 0 Å². The molecule has 2 aromatic rings. The van der Waals surface area contributed by atoms with E-state index in [2.05, 4.69) is 15.5 Å². The molecule has 13 N–H and O–H groups in total. The molecule has 414 valence electrons. The Kier molecular flexibility index (Phi) is 52.1. The number of nitrogens with two attached hydrogens (primary N) is 4. The van der Waals surface area contributed by atoms with E-state index >= 15 is 0 Å². The summed E-state index contributed by atoms with van der Waals surface area (Å²) in [4.78, 5) is 116. The first-order valence-corrected chi connectivity index (χ1v) is 31.4. The first kappa shape index (κ1) is 79.3. The van der Waals surface area contributed by atoms with E-state index < -0.39 is 56.8 Å². The van der Waals surface area contributed by atoms with Crippen molar-refractivity contribution >= 4 is 108 Å². The zero-order valence-corrected chi connectivity index (χ0v) is 47.6. The number of benzene rings is 2. The summed E-state index contributed by atoms with van der Waals surface area (Å²) in [5, 5.41) is 36.5. The van der Waals surface area contributed by atoms with Gasteiger partial charge in [0.1, 0.15) is 0 Å². The van der Waals surface area contributed by atoms with Crippen LogP contribution in [-0.4, -0.2) is 120 Å². The minimum Gasteiger partial charge on any atom is -0.693 e. The van der Waals surface area contributed by atoms with Crippen molar-refractivity contribution < 1.29 is 101 Å². The molecule has 2 heterocycles. The molecular weight excluding hydrogens is 1410 g/mol. The van der Waals surface area contributed by atoms with Gasteiger partial charge in [0.25, 0.3) is 35.6 Å². The number of ketones is 1. The number of carbonyl (C=O) groups is 10. The zero-order valence-electron chi connectivity index (χ0n) is 40.0. The van der Waals surface area contributed by atoms with Gasteiger partial charge in [0.15, 0.2) is 5.78 Å². The van der Waals surface area contributed by atoms with Crippen molar-refractivity contribution in [1.82, 2.24) is 15.2 Å². The second kappa shape index (κ2) is 47.9. The molecule has 0 fully saturated rings. The van der Waals surface area contributed by atoms with Gasteiger partial charge in [0, 0.05) is 69.8 Å². The fourth-order valence-electron chi connectivity index (χ4n) is 5.34. The minimum absolute atomic E-state index is 0. The molecule has 0 bridgehead atoms. The number of rotatable bonds is 20. The Morgan fingerprint density at radius 2 is 0.877 bits per heavy atom. The summed E-state index contributed by atoms with van der Waals surface area (Å²) in [7, 11) is 19.5. The van der Waals surface area contributed by atoms with Crippen molar-refractivity contribution in [1.29, 1.82) is 0 Å². The number of aliphatic imine (C=N–C) groups is 1. The fraction of sp³-hybridized carbons (Fsp3) is 0.364. The molecule has 0 aliphatic carbocycles. The van der Waals surface area contributed by atoms with E-state index in [4.69, 9.17) is 67.7 Å². The molecule has 2 aliphatic heterocycles. The normalized spacial score (nSPS) is 11.8. The van der Waals surface area contributed by atoms with Crippen LogP contribution in [0, 0.1) is 0 Å². The van der Waals surface area contributed by atoms with Gasteiger partial charge in [-0.3, -0.25) is 57.9 Å². The third-order valence-electron chi connectivity index (χ3n) is 8.54. The number of carbonyl (C=O) groups excluding carboxylic acids is 6. The predicted octanol–water partition coefficient (Wildman–Crippen LogP) is 9.69. The van der Waals surface area contributed by atoms with E-state index in [0.717, 1.165) is 37.8 Å². The number of halogens is 4. The van der Waals surface area contributed by atoms with Gasteiger partial charge in [-0.05, 0) is 68.4 Å². The van der Waals surface area contributed by atoms with Crippen molar-refractivity contribution in [3.8, 4) is 0 Å². The average molecular weight is 1470 g/mol. The van der Waals surface area contributed by atoms with Gasteiger partial charge in [-0.2, -0.15) is 5.10 Å². The SMILES string of the molecule is C/C(=N\NC(=O)CCCCCN1C(=O)C=CC1=O)c1ccc(CC(=O)O)cc1.CC(=NCC(=O)CCCCCN1C(=O)C=CC1=O)c1ccc(C(=O)O)cc1.CC(=O)O.CC(=O)O.[Cl][Pt+2][Cl].[Cl][Pt+2][Cl].[NH2-].[NH2-].[NH2-].[NH2-]. The quantitative estimate of drug-likeness (QED) is 0.0356. The summed E-state index contributed by atoms with van der Waals surface area (Å²) in [6.45, 7) is 6.52. The van der Waals surface area contributed by atoms with Gasteiger partial charge in [-0.1, -0.05) is 49.2 Å². The van der Waals surface area contributed by atoms with Crippen LogP contribution in [-0.2, 0) is 82.5 Å². The van der Waals surface area contributed by atoms with Gasteiger partial charge in [0.05, 0.1) is 24.2 Å². The molecule has 2 aromatic carbocycles. The Morgan fingerprint density at radius 1 is 0.534 bits per heavy atom. The molecule has 0 radical (unpaired) electrons. The second-order valence-electron chi connectivity index (χ2n) is 13.9. The van der Waals surface area contributed by atoms with E-state index in [1.165, 1.54) is 46.2 Å². The van der Waals surface area contributed by atoms with Gasteiger partial charge in [-0.25, -0.2) is 10.2 Å². The largest absolute Gasteiger partial charge is 0.693 e. The summed E-state index contributed by atoms with van der Waals surface area (Å²) >= 11 is -0.944. The molecule has 23 nitrogen and oxygen atoms in total. The number of Topliss-reactive ketones (excluding diaryl/α,β-unsaturated/α-hetero) is 1. The van der Waals surface area contributed by atoms with E-state index in [1.807, 2.05) is 0 Å². The van der Waals surface area contributed by atoms with Crippen LogP contribution < -0.4 is 5.43 Å². The molecular formula is C44H61Cl4N9O14Pt2.